The van der Waals surface area contributed by atoms with Gasteiger partial charge in [-0.1, -0.05) is 48.2 Å². The molecule has 2 aromatic rings. The Bertz CT molecular complexity index is 587. The molecule has 2 aromatic carbocycles. The first kappa shape index (κ1) is 14.1. The zero-order chi connectivity index (χ0) is 14.4. The third-order valence-electron chi connectivity index (χ3n) is 2.55. The van der Waals surface area contributed by atoms with Crippen molar-refractivity contribution in [3.63, 3.8) is 0 Å². The van der Waals surface area contributed by atoms with Crippen LogP contribution in [0.3, 0.4) is 0 Å². The average molecular weight is 286 g/mol. The molecule has 0 heterocycles. The predicted octanol–water partition coefficient (Wildman–Crippen LogP) is 2.02. The van der Waals surface area contributed by atoms with E-state index in [9.17, 15) is 9.59 Å². The molecule has 1 atom stereocenters. The number of carbonyl (C=O) groups is 2. The van der Waals surface area contributed by atoms with Gasteiger partial charge in [0.05, 0.1) is 0 Å². The minimum absolute atomic E-state index is 0.321. The van der Waals surface area contributed by atoms with E-state index in [4.69, 9.17) is 5.73 Å². The van der Waals surface area contributed by atoms with Gasteiger partial charge in [0.2, 0.25) is 0 Å². The van der Waals surface area contributed by atoms with Crippen LogP contribution in [-0.2, 0) is 4.79 Å². The van der Waals surface area contributed by atoms with Gasteiger partial charge < -0.3 is 11.1 Å². The van der Waals surface area contributed by atoms with E-state index in [1.54, 1.807) is 24.3 Å². The normalized spacial score (nSPS) is 11.6. The summed E-state index contributed by atoms with van der Waals surface area (Å²) in [4.78, 5) is 24.3. The Kier molecular flexibility index (Phi) is 4.79. The van der Waals surface area contributed by atoms with Crippen LogP contribution in [0.4, 0.5) is 0 Å². The van der Waals surface area contributed by atoms with E-state index in [-0.39, 0.29) is 5.91 Å². The summed E-state index contributed by atoms with van der Waals surface area (Å²) in [5.41, 5.74) is 5.83. The zero-order valence-corrected chi connectivity index (χ0v) is 11.5. The molecule has 0 aliphatic carbocycles. The van der Waals surface area contributed by atoms with E-state index in [1.807, 2.05) is 36.4 Å². The Morgan fingerprint density at radius 1 is 0.950 bits per heavy atom. The van der Waals surface area contributed by atoms with Crippen molar-refractivity contribution >= 4 is 23.6 Å². The van der Waals surface area contributed by atoms with Crippen molar-refractivity contribution in [2.45, 2.75) is 10.3 Å². The monoisotopic (exact) mass is 286 g/mol. The minimum atomic E-state index is -0.801. The van der Waals surface area contributed by atoms with Crippen molar-refractivity contribution in [1.82, 2.24) is 5.32 Å². The molecule has 0 saturated carbocycles. The first-order valence-electron chi connectivity index (χ1n) is 6.04. The van der Waals surface area contributed by atoms with Gasteiger partial charge >= 0.3 is 0 Å². The van der Waals surface area contributed by atoms with Crippen LogP contribution in [0.5, 0.6) is 0 Å². The van der Waals surface area contributed by atoms with Crippen LogP contribution in [0.25, 0.3) is 0 Å². The van der Waals surface area contributed by atoms with Crippen molar-refractivity contribution in [1.29, 1.82) is 0 Å². The maximum Gasteiger partial charge on any atom is 0.252 e. The van der Waals surface area contributed by atoms with Crippen LogP contribution in [-0.4, -0.2) is 17.2 Å². The first-order chi connectivity index (χ1) is 9.66. The highest BCUT2D eigenvalue weighted by atomic mass is 32.2. The second-order valence-corrected chi connectivity index (χ2v) is 5.23. The maximum absolute atomic E-state index is 12.0. The lowest BCUT2D eigenvalue weighted by Gasteiger charge is -2.15. The molecule has 2 rings (SSSR count). The van der Waals surface area contributed by atoms with E-state index >= 15 is 0 Å². The lowest BCUT2D eigenvalue weighted by molar-refractivity contribution is -0.117. The molecule has 20 heavy (non-hydrogen) atoms. The number of rotatable bonds is 5. The number of nitrogens with one attached hydrogen (secondary N) is 1. The Hall–Kier alpha value is -2.27. The average Bonchev–Trinajstić information content (AvgIpc) is 2.48. The Labute approximate surface area is 121 Å². The predicted molar refractivity (Wildman–Crippen MR) is 79.2 cm³/mol. The molecule has 2 amide bonds. The molecule has 0 saturated heterocycles. The molecule has 5 heteroatoms. The highest BCUT2D eigenvalue weighted by molar-refractivity contribution is 8.00. The molecule has 0 radical (unpaired) electrons. The van der Waals surface area contributed by atoms with Gasteiger partial charge in [-0.25, -0.2) is 0 Å². The third kappa shape index (κ3) is 3.86. The van der Waals surface area contributed by atoms with Crippen LogP contribution in [0.15, 0.2) is 65.6 Å². The lowest BCUT2D eigenvalue weighted by Crippen LogP contribution is -2.42. The molecule has 0 spiro atoms. The minimum Gasteiger partial charge on any atom is -0.367 e. The van der Waals surface area contributed by atoms with E-state index in [0.717, 1.165) is 4.90 Å². The number of thioether (sulfide) groups is 1. The fourth-order valence-electron chi connectivity index (χ4n) is 1.59. The van der Waals surface area contributed by atoms with Crippen molar-refractivity contribution in [3.8, 4) is 0 Å². The van der Waals surface area contributed by atoms with Crippen LogP contribution in [0.2, 0.25) is 0 Å². The molecule has 0 aromatic heterocycles. The second kappa shape index (κ2) is 6.77. The summed E-state index contributed by atoms with van der Waals surface area (Å²) >= 11 is 1.21. The molecule has 0 aliphatic heterocycles. The standard InChI is InChI=1S/C15H14N2O2S/c16-13(18)15(20-12-9-5-2-6-10-12)17-14(19)11-7-3-1-4-8-11/h1-10,15H,(H2,16,18)(H,17,19)/t15-/m1/s1. The summed E-state index contributed by atoms with van der Waals surface area (Å²) in [6.07, 6.45) is 0. The van der Waals surface area contributed by atoms with Crippen LogP contribution < -0.4 is 11.1 Å². The summed E-state index contributed by atoms with van der Waals surface area (Å²) in [6, 6.07) is 18.0. The molecule has 0 fully saturated rings. The van der Waals surface area contributed by atoms with Gasteiger partial charge in [-0.3, -0.25) is 9.59 Å². The summed E-state index contributed by atoms with van der Waals surface area (Å²) < 4.78 is 0. The summed E-state index contributed by atoms with van der Waals surface area (Å²) in [7, 11) is 0. The smallest absolute Gasteiger partial charge is 0.252 e. The van der Waals surface area contributed by atoms with Crippen LogP contribution in [0, 0.1) is 0 Å². The zero-order valence-electron chi connectivity index (χ0n) is 10.7. The van der Waals surface area contributed by atoms with Gasteiger partial charge in [0.15, 0.2) is 5.37 Å². The van der Waals surface area contributed by atoms with Crippen molar-refractivity contribution in [2.75, 3.05) is 0 Å². The van der Waals surface area contributed by atoms with Crippen molar-refractivity contribution in [2.24, 2.45) is 5.73 Å². The second-order valence-electron chi connectivity index (χ2n) is 4.05. The number of carbonyl (C=O) groups excluding carboxylic acids is 2. The molecule has 0 bridgehead atoms. The third-order valence-corrected chi connectivity index (χ3v) is 3.68. The van der Waals surface area contributed by atoms with Gasteiger partial charge in [-0.15, -0.1) is 0 Å². The maximum atomic E-state index is 12.0. The molecule has 102 valence electrons. The number of hydrogen-bond acceptors (Lipinski definition) is 3. The van der Waals surface area contributed by atoms with E-state index in [2.05, 4.69) is 5.32 Å². The highest BCUT2D eigenvalue weighted by Crippen LogP contribution is 2.21. The lowest BCUT2D eigenvalue weighted by atomic mass is 10.2. The van der Waals surface area contributed by atoms with Crippen molar-refractivity contribution < 1.29 is 9.59 Å². The topological polar surface area (TPSA) is 72.2 Å². The van der Waals surface area contributed by atoms with Gasteiger partial charge in [0, 0.05) is 10.5 Å². The van der Waals surface area contributed by atoms with E-state index in [0.29, 0.717) is 5.56 Å². The Morgan fingerprint density at radius 2 is 1.50 bits per heavy atom. The van der Waals surface area contributed by atoms with Gasteiger partial charge in [0.25, 0.3) is 11.8 Å². The molecular weight excluding hydrogens is 272 g/mol. The quantitative estimate of drug-likeness (QED) is 0.652. The molecular formula is C15H14N2O2S. The summed E-state index contributed by atoms with van der Waals surface area (Å²) in [6.45, 7) is 0. The molecule has 0 aliphatic rings. The Morgan fingerprint density at radius 3 is 2.05 bits per heavy atom. The van der Waals surface area contributed by atoms with E-state index < -0.39 is 11.3 Å². The number of benzene rings is 2. The molecule has 0 unspecified atom stereocenters. The Balaban J connectivity index is 2.07. The summed E-state index contributed by atoms with van der Waals surface area (Å²) in [5, 5.41) is 1.83. The number of hydrogen-bond donors (Lipinski definition) is 2. The largest absolute Gasteiger partial charge is 0.367 e. The van der Waals surface area contributed by atoms with Crippen LogP contribution in [0.1, 0.15) is 10.4 Å². The van der Waals surface area contributed by atoms with Gasteiger partial charge in [-0.2, -0.15) is 0 Å². The van der Waals surface area contributed by atoms with Gasteiger partial charge in [-0.05, 0) is 24.3 Å². The van der Waals surface area contributed by atoms with E-state index in [1.165, 1.54) is 11.8 Å². The van der Waals surface area contributed by atoms with Crippen molar-refractivity contribution in [3.05, 3.63) is 66.2 Å². The number of amides is 2. The highest BCUT2D eigenvalue weighted by Gasteiger charge is 2.19. The van der Waals surface area contributed by atoms with Crippen LogP contribution >= 0.6 is 11.8 Å². The molecule has 4 nitrogen and oxygen atoms in total. The fraction of sp³-hybridized carbons (Fsp3) is 0.0667. The molecule has 3 N–H and O–H groups in total. The summed E-state index contributed by atoms with van der Waals surface area (Å²) in [5.74, 6) is -0.902. The fourth-order valence-corrected chi connectivity index (χ4v) is 2.45. The SMILES string of the molecule is NC(=O)[C@H](NC(=O)c1ccccc1)Sc1ccccc1. The van der Waals surface area contributed by atoms with Gasteiger partial charge in [0.1, 0.15) is 0 Å². The number of primary amides is 1. The first-order valence-corrected chi connectivity index (χ1v) is 6.92. The number of nitrogens with two attached hydrogens (primary N) is 1.